The van der Waals surface area contributed by atoms with Crippen LogP contribution in [0, 0.1) is 5.41 Å². The molecule has 0 bridgehead atoms. The summed E-state index contributed by atoms with van der Waals surface area (Å²) in [5.41, 5.74) is 0.579. The molecule has 1 fully saturated rings. The van der Waals surface area contributed by atoms with Crippen LogP contribution >= 0.6 is 0 Å². The average molecular weight is 268 g/mol. The van der Waals surface area contributed by atoms with Gasteiger partial charge in [0.15, 0.2) is 0 Å². The Kier molecular flexibility index (Phi) is 8.77. The minimum absolute atomic E-state index is 0.579. The maximum atomic E-state index is 3.79. The lowest BCUT2D eigenvalue weighted by molar-refractivity contribution is 0.198. The molecular formula is C18H37N. The second kappa shape index (κ2) is 9.80. The zero-order valence-electron chi connectivity index (χ0n) is 13.8. The van der Waals surface area contributed by atoms with E-state index < -0.39 is 0 Å². The lowest BCUT2D eigenvalue weighted by atomic mass is 9.75. The fourth-order valence-electron chi connectivity index (χ4n) is 3.44. The first kappa shape index (κ1) is 17.0. The second-order valence-electron chi connectivity index (χ2n) is 7.39. The number of unbranched alkanes of at least 4 members (excludes halogenated alkanes) is 7. The third-order valence-electron chi connectivity index (χ3n) is 4.67. The molecule has 1 nitrogen and oxygen atoms in total. The van der Waals surface area contributed by atoms with Crippen molar-refractivity contribution in [2.75, 3.05) is 6.54 Å². The van der Waals surface area contributed by atoms with Crippen LogP contribution in [0.25, 0.3) is 0 Å². The highest BCUT2D eigenvalue weighted by Gasteiger charge is 2.27. The lowest BCUT2D eigenvalue weighted by Gasteiger charge is -2.35. The highest BCUT2D eigenvalue weighted by atomic mass is 14.9. The lowest BCUT2D eigenvalue weighted by Crippen LogP contribution is -2.37. The smallest absolute Gasteiger partial charge is 0.00721 e. The molecule has 1 saturated carbocycles. The van der Waals surface area contributed by atoms with Gasteiger partial charge >= 0.3 is 0 Å². The van der Waals surface area contributed by atoms with Gasteiger partial charge in [-0.2, -0.15) is 0 Å². The summed E-state index contributed by atoms with van der Waals surface area (Å²) < 4.78 is 0. The third kappa shape index (κ3) is 8.68. The van der Waals surface area contributed by atoms with Gasteiger partial charge in [-0.25, -0.2) is 0 Å². The van der Waals surface area contributed by atoms with Crippen molar-refractivity contribution < 1.29 is 0 Å². The number of hydrogen-bond donors (Lipinski definition) is 1. The second-order valence-corrected chi connectivity index (χ2v) is 7.39. The summed E-state index contributed by atoms with van der Waals surface area (Å²) in [6.07, 6.45) is 17.0. The summed E-state index contributed by atoms with van der Waals surface area (Å²) >= 11 is 0. The molecule has 1 heteroatoms. The molecular weight excluding hydrogens is 230 g/mol. The first-order valence-electron chi connectivity index (χ1n) is 8.87. The maximum absolute atomic E-state index is 3.79. The van der Waals surface area contributed by atoms with E-state index in [1.54, 1.807) is 0 Å². The number of nitrogens with one attached hydrogen (secondary N) is 1. The van der Waals surface area contributed by atoms with Crippen LogP contribution in [0.4, 0.5) is 0 Å². The molecule has 19 heavy (non-hydrogen) atoms. The molecule has 1 rings (SSSR count). The van der Waals surface area contributed by atoms with Crippen LogP contribution < -0.4 is 5.32 Å². The Balaban J connectivity index is 1.88. The summed E-state index contributed by atoms with van der Waals surface area (Å²) in [6.45, 7) is 8.39. The van der Waals surface area contributed by atoms with E-state index in [1.165, 1.54) is 83.6 Å². The van der Waals surface area contributed by atoms with E-state index in [0.717, 1.165) is 6.04 Å². The fourth-order valence-corrected chi connectivity index (χ4v) is 3.44. The molecule has 1 aliphatic rings. The summed E-state index contributed by atoms with van der Waals surface area (Å²) in [5, 5.41) is 3.79. The van der Waals surface area contributed by atoms with Crippen molar-refractivity contribution in [3.05, 3.63) is 0 Å². The first-order chi connectivity index (χ1) is 9.14. The van der Waals surface area contributed by atoms with E-state index >= 15 is 0 Å². The Morgan fingerprint density at radius 3 is 2.21 bits per heavy atom. The molecule has 1 aliphatic carbocycles. The van der Waals surface area contributed by atoms with Crippen LogP contribution in [0.2, 0.25) is 0 Å². The zero-order valence-corrected chi connectivity index (χ0v) is 13.8. The van der Waals surface area contributed by atoms with E-state index in [4.69, 9.17) is 0 Å². The molecule has 0 heterocycles. The van der Waals surface area contributed by atoms with Gasteiger partial charge in [0.1, 0.15) is 0 Å². The van der Waals surface area contributed by atoms with E-state index in [-0.39, 0.29) is 0 Å². The predicted octanol–water partition coefficient (Wildman–Crippen LogP) is 5.69. The monoisotopic (exact) mass is 267 g/mol. The van der Waals surface area contributed by atoms with Crippen molar-refractivity contribution in [2.24, 2.45) is 5.41 Å². The van der Waals surface area contributed by atoms with Crippen molar-refractivity contribution in [1.82, 2.24) is 5.32 Å². The quantitative estimate of drug-likeness (QED) is 0.502. The van der Waals surface area contributed by atoms with Crippen LogP contribution in [-0.4, -0.2) is 12.6 Å². The van der Waals surface area contributed by atoms with Crippen molar-refractivity contribution in [1.29, 1.82) is 0 Å². The van der Waals surface area contributed by atoms with Gasteiger partial charge in [0, 0.05) is 6.04 Å². The highest BCUT2D eigenvalue weighted by Crippen LogP contribution is 2.34. The Hall–Kier alpha value is -0.0400. The molecule has 0 amide bonds. The van der Waals surface area contributed by atoms with Gasteiger partial charge in [-0.15, -0.1) is 0 Å². The van der Waals surface area contributed by atoms with E-state index in [0.29, 0.717) is 5.41 Å². The van der Waals surface area contributed by atoms with Crippen LogP contribution in [0.1, 0.15) is 97.8 Å². The zero-order chi connectivity index (χ0) is 14.0. The van der Waals surface area contributed by atoms with Gasteiger partial charge in [-0.3, -0.25) is 0 Å². The minimum Gasteiger partial charge on any atom is -0.314 e. The average Bonchev–Trinajstić information content (AvgIpc) is 2.36. The molecule has 0 aromatic heterocycles. The SMILES string of the molecule is CCCCCCCCCCNC1CCCC(C)(C)C1. The molecule has 1 unspecified atom stereocenters. The molecule has 114 valence electrons. The van der Waals surface area contributed by atoms with Gasteiger partial charge in [0.05, 0.1) is 0 Å². The predicted molar refractivity (Wildman–Crippen MR) is 86.6 cm³/mol. The van der Waals surface area contributed by atoms with Crippen LogP contribution in [0.15, 0.2) is 0 Å². The van der Waals surface area contributed by atoms with E-state index in [9.17, 15) is 0 Å². The van der Waals surface area contributed by atoms with E-state index in [2.05, 4.69) is 26.1 Å². The molecule has 1 atom stereocenters. The topological polar surface area (TPSA) is 12.0 Å². The van der Waals surface area contributed by atoms with Crippen molar-refractivity contribution in [3.8, 4) is 0 Å². The Bertz CT molecular complexity index is 210. The van der Waals surface area contributed by atoms with Crippen LogP contribution in [-0.2, 0) is 0 Å². The first-order valence-corrected chi connectivity index (χ1v) is 8.87. The molecule has 0 spiro atoms. The minimum atomic E-state index is 0.579. The van der Waals surface area contributed by atoms with Crippen LogP contribution in [0.5, 0.6) is 0 Å². The molecule has 0 saturated heterocycles. The Morgan fingerprint density at radius 2 is 1.58 bits per heavy atom. The molecule has 0 aliphatic heterocycles. The normalized spacial score (nSPS) is 22.6. The standard InChI is InChI=1S/C18H37N/c1-4-5-6-7-8-9-10-11-15-19-17-13-12-14-18(2,3)16-17/h17,19H,4-16H2,1-3H3. The molecule has 0 aromatic rings. The van der Waals surface area contributed by atoms with Gasteiger partial charge < -0.3 is 5.32 Å². The summed E-state index contributed by atoms with van der Waals surface area (Å²) in [5.74, 6) is 0. The van der Waals surface area contributed by atoms with Crippen LogP contribution in [0.3, 0.4) is 0 Å². The Labute approximate surface area is 121 Å². The van der Waals surface area contributed by atoms with Gasteiger partial charge in [-0.05, 0) is 37.6 Å². The van der Waals surface area contributed by atoms with E-state index in [1.807, 2.05) is 0 Å². The highest BCUT2D eigenvalue weighted by molar-refractivity contribution is 4.83. The Morgan fingerprint density at radius 1 is 0.947 bits per heavy atom. The molecule has 1 N–H and O–H groups in total. The molecule has 0 aromatic carbocycles. The fraction of sp³-hybridized carbons (Fsp3) is 1.00. The summed E-state index contributed by atoms with van der Waals surface area (Å²) in [7, 11) is 0. The number of rotatable bonds is 10. The van der Waals surface area contributed by atoms with Crippen molar-refractivity contribution >= 4 is 0 Å². The summed E-state index contributed by atoms with van der Waals surface area (Å²) in [6, 6.07) is 0.799. The third-order valence-corrected chi connectivity index (χ3v) is 4.67. The van der Waals surface area contributed by atoms with Gasteiger partial charge in [0.25, 0.3) is 0 Å². The van der Waals surface area contributed by atoms with Gasteiger partial charge in [0.2, 0.25) is 0 Å². The maximum Gasteiger partial charge on any atom is 0.00721 e. The largest absolute Gasteiger partial charge is 0.314 e. The molecule has 0 radical (unpaired) electrons. The van der Waals surface area contributed by atoms with Crippen molar-refractivity contribution in [2.45, 2.75) is 104 Å². The van der Waals surface area contributed by atoms with Crippen molar-refractivity contribution in [3.63, 3.8) is 0 Å². The van der Waals surface area contributed by atoms with Gasteiger partial charge in [-0.1, -0.05) is 72.1 Å². The number of hydrogen-bond acceptors (Lipinski definition) is 1. The summed E-state index contributed by atoms with van der Waals surface area (Å²) in [4.78, 5) is 0.